The molecule has 0 spiro atoms. The third-order valence-corrected chi connectivity index (χ3v) is 8.62. The highest BCUT2D eigenvalue weighted by atomic mass is 32.1. The molecule has 3 rings (SSSR count). The average Bonchev–Trinajstić information content (AvgIpc) is 3.27. The maximum Gasteiger partial charge on any atom is 0.224 e. The Kier molecular flexibility index (Phi) is 11.2. The van der Waals surface area contributed by atoms with E-state index in [4.69, 9.17) is 4.98 Å². The van der Waals surface area contributed by atoms with Crippen LogP contribution in [0.5, 0.6) is 0 Å². The van der Waals surface area contributed by atoms with Crippen molar-refractivity contribution in [2.45, 2.75) is 90.5 Å². The van der Waals surface area contributed by atoms with E-state index in [0.29, 0.717) is 43.2 Å². The third-order valence-electron chi connectivity index (χ3n) is 7.58. The lowest BCUT2D eigenvalue weighted by molar-refractivity contribution is -0.130. The highest BCUT2D eigenvalue weighted by molar-refractivity contribution is 7.18. The van der Waals surface area contributed by atoms with Crippen molar-refractivity contribution in [3.05, 3.63) is 40.9 Å². The molecule has 7 heteroatoms. The van der Waals surface area contributed by atoms with Gasteiger partial charge in [0.25, 0.3) is 0 Å². The van der Waals surface area contributed by atoms with Crippen LogP contribution in [0.15, 0.2) is 30.4 Å². The molecule has 1 saturated carbocycles. The molecule has 0 aliphatic heterocycles. The Morgan fingerprint density at radius 2 is 1.87 bits per heavy atom. The zero-order valence-corrected chi connectivity index (χ0v) is 24.7. The van der Waals surface area contributed by atoms with Crippen LogP contribution in [0.25, 0.3) is 10.2 Å². The zero-order valence-electron chi connectivity index (χ0n) is 23.8. The Labute approximate surface area is 232 Å². The number of nitrogens with zero attached hydrogens (tertiary/aromatic N) is 2. The van der Waals surface area contributed by atoms with Crippen molar-refractivity contribution < 1.29 is 14.4 Å². The molecule has 1 amide bonds. The number of aromatic nitrogens is 1. The Morgan fingerprint density at radius 3 is 2.50 bits per heavy atom. The van der Waals surface area contributed by atoms with E-state index in [1.807, 2.05) is 25.1 Å². The molecule has 1 heterocycles. The minimum atomic E-state index is -0.469. The van der Waals surface area contributed by atoms with E-state index in [-0.39, 0.29) is 29.9 Å². The maximum absolute atomic E-state index is 13.6. The van der Waals surface area contributed by atoms with Gasteiger partial charge in [-0.05, 0) is 69.8 Å². The maximum atomic E-state index is 13.6. The molecule has 0 bridgehead atoms. The minimum Gasteiger partial charge on any atom is -0.353 e. The molecule has 208 valence electrons. The van der Waals surface area contributed by atoms with Crippen molar-refractivity contribution in [1.29, 1.82) is 0 Å². The number of rotatable bonds is 14. The molecule has 1 N–H and O–H groups in total. The summed E-state index contributed by atoms with van der Waals surface area (Å²) in [6.45, 7) is 10.4. The second-order valence-corrected chi connectivity index (χ2v) is 12.7. The highest BCUT2D eigenvalue weighted by Gasteiger charge is 2.30. The van der Waals surface area contributed by atoms with Gasteiger partial charge in [0.15, 0.2) is 5.78 Å². The van der Waals surface area contributed by atoms with E-state index in [2.05, 4.69) is 37.9 Å². The smallest absolute Gasteiger partial charge is 0.224 e. The molecular formula is C31H45N3O3S. The summed E-state index contributed by atoms with van der Waals surface area (Å²) in [5.41, 5.74) is 2.81. The summed E-state index contributed by atoms with van der Waals surface area (Å²) < 4.78 is 1.12. The largest absolute Gasteiger partial charge is 0.353 e. The first kappa shape index (κ1) is 30.2. The van der Waals surface area contributed by atoms with Gasteiger partial charge in [-0.15, -0.1) is 11.3 Å². The summed E-state index contributed by atoms with van der Waals surface area (Å²) in [6.07, 6.45) is 7.26. The first-order valence-corrected chi connectivity index (χ1v) is 14.9. The van der Waals surface area contributed by atoms with Gasteiger partial charge in [-0.3, -0.25) is 9.59 Å². The van der Waals surface area contributed by atoms with Gasteiger partial charge in [0.2, 0.25) is 5.91 Å². The van der Waals surface area contributed by atoms with Crippen molar-refractivity contribution in [3.8, 4) is 0 Å². The SMILES string of the molecule is C=C(CN(C)C)C(=O)CC[C@@H](NC(=O)[C@@H](CC(C)=O)Cc1nc2ccc(C(C)C)cc2s1)C1CCCCC1. The van der Waals surface area contributed by atoms with Crippen LogP contribution in [0, 0.1) is 11.8 Å². The van der Waals surface area contributed by atoms with Crippen molar-refractivity contribution in [3.63, 3.8) is 0 Å². The molecule has 1 aliphatic rings. The number of thiazole rings is 1. The predicted molar refractivity (Wildman–Crippen MR) is 157 cm³/mol. The Bertz CT molecular complexity index is 1130. The molecule has 1 aromatic carbocycles. The topological polar surface area (TPSA) is 79.4 Å². The number of Topliss-reactive ketones (excluding diaryl/α,β-unsaturated/α-hetero) is 2. The van der Waals surface area contributed by atoms with E-state index < -0.39 is 5.92 Å². The van der Waals surface area contributed by atoms with E-state index in [1.54, 1.807) is 18.3 Å². The number of benzene rings is 1. The molecule has 0 saturated heterocycles. The summed E-state index contributed by atoms with van der Waals surface area (Å²) in [5, 5.41) is 4.18. The fourth-order valence-corrected chi connectivity index (χ4v) is 6.54. The molecule has 0 radical (unpaired) electrons. The number of fused-ring (bicyclic) bond motifs is 1. The van der Waals surface area contributed by atoms with E-state index in [9.17, 15) is 14.4 Å². The zero-order chi connectivity index (χ0) is 27.8. The third kappa shape index (κ3) is 8.84. The normalized spacial score (nSPS) is 16.1. The number of likely N-dealkylation sites (N-methyl/N-ethyl adjacent to an activating group) is 1. The number of amides is 1. The number of nitrogens with one attached hydrogen (secondary N) is 1. The van der Waals surface area contributed by atoms with Gasteiger partial charge in [-0.2, -0.15) is 0 Å². The van der Waals surface area contributed by atoms with Gasteiger partial charge in [0.05, 0.1) is 21.1 Å². The van der Waals surface area contributed by atoms with Crippen LogP contribution in [0.2, 0.25) is 0 Å². The molecular weight excluding hydrogens is 494 g/mol. The van der Waals surface area contributed by atoms with Gasteiger partial charge in [-0.25, -0.2) is 4.98 Å². The fraction of sp³-hybridized carbons (Fsp3) is 0.613. The lowest BCUT2D eigenvalue weighted by atomic mass is 9.81. The van der Waals surface area contributed by atoms with Crippen molar-refractivity contribution in [1.82, 2.24) is 15.2 Å². The van der Waals surface area contributed by atoms with Gasteiger partial charge in [-0.1, -0.05) is 45.8 Å². The molecule has 2 aromatic rings. The van der Waals surface area contributed by atoms with E-state index in [0.717, 1.165) is 40.9 Å². The minimum absolute atomic E-state index is 0.00210. The highest BCUT2D eigenvalue weighted by Crippen LogP contribution is 2.31. The fourth-order valence-electron chi connectivity index (χ4n) is 5.45. The summed E-state index contributed by atoms with van der Waals surface area (Å²) in [4.78, 5) is 45.2. The first-order chi connectivity index (χ1) is 18.0. The number of carbonyl (C=O) groups excluding carboxylic acids is 3. The Balaban J connectivity index is 1.74. The second-order valence-electron chi connectivity index (χ2n) is 11.6. The van der Waals surface area contributed by atoms with Gasteiger partial charge < -0.3 is 15.0 Å². The average molecular weight is 540 g/mol. The Hall–Kier alpha value is -2.38. The van der Waals surface area contributed by atoms with Crippen molar-refractivity contribution >= 4 is 39.0 Å². The van der Waals surface area contributed by atoms with Gasteiger partial charge in [0.1, 0.15) is 5.78 Å². The van der Waals surface area contributed by atoms with Crippen molar-refractivity contribution in [2.24, 2.45) is 11.8 Å². The van der Waals surface area contributed by atoms with E-state index >= 15 is 0 Å². The van der Waals surface area contributed by atoms with Crippen LogP contribution >= 0.6 is 11.3 Å². The summed E-state index contributed by atoms with van der Waals surface area (Å²) in [5.74, 6) is 0.282. The molecule has 1 fully saturated rings. The first-order valence-electron chi connectivity index (χ1n) is 14.1. The molecule has 2 atom stereocenters. The van der Waals surface area contributed by atoms with E-state index in [1.165, 1.54) is 12.0 Å². The molecule has 6 nitrogen and oxygen atoms in total. The number of carbonyl (C=O) groups is 3. The molecule has 1 aromatic heterocycles. The lowest BCUT2D eigenvalue weighted by Crippen LogP contribution is -2.45. The summed E-state index contributed by atoms with van der Waals surface area (Å²) >= 11 is 1.61. The monoisotopic (exact) mass is 539 g/mol. The quantitative estimate of drug-likeness (QED) is 0.294. The van der Waals surface area contributed by atoms with Crippen LogP contribution in [-0.2, 0) is 20.8 Å². The molecule has 38 heavy (non-hydrogen) atoms. The van der Waals surface area contributed by atoms with Crippen LogP contribution < -0.4 is 5.32 Å². The Morgan fingerprint density at radius 1 is 1.16 bits per heavy atom. The molecule has 1 aliphatic carbocycles. The standard InChI is InChI=1S/C31H45N3O3S/c1-20(2)24-12-13-27-29(17-24)38-30(32-27)18-25(16-22(4)35)31(37)33-26(23-10-8-7-9-11-23)14-15-28(36)21(3)19-34(5)6/h12-13,17,20,23,25-26H,3,7-11,14-16,18-19H2,1-2,4-6H3,(H,33,37)/t25-,26+/m0/s1. The number of hydrogen-bond acceptors (Lipinski definition) is 6. The van der Waals surface area contributed by atoms with Gasteiger partial charge in [0, 0.05) is 37.4 Å². The molecule has 0 unspecified atom stereocenters. The van der Waals surface area contributed by atoms with Crippen molar-refractivity contribution in [2.75, 3.05) is 20.6 Å². The van der Waals surface area contributed by atoms with Gasteiger partial charge >= 0.3 is 0 Å². The van der Waals surface area contributed by atoms with Crippen LogP contribution in [-0.4, -0.2) is 54.0 Å². The summed E-state index contributed by atoms with van der Waals surface area (Å²) in [7, 11) is 3.85. The summed E-state index contributed by atoms with van der Waals surface area (Å²) in [6, 6.07) is 6.27. The number of ketones is 2. The van der Waals surface area contributed by atoms with Crippen LogP contribution in [0.1, 0.15) is 88.6 Å². The van der Waals surface area contributed by atoms with Crippen LogP contribution in [0.4, 0.5) is 0 Å². The predicted octanol–water partition coefficient (Wildman–Crippen LogP) is 6.09. The second kappa shape index (κ2) is 14.1. The number of hydrogen-bond donors (Lipinski definition) is 1. The van der Waals surface area contributed by atoms with Crippen LogP contribution in [0.3, 0.4) is 0 Å². The lowest BCUT2D eigenvalue weighted by Gasteiger charge is -2.32.